The standard InChI is InChI=1S/C18H29N9/c1-12-4-7-27(11-12)18-22-16(20-15-10-14(24-25-15)13-2-3-13)21-17(23-18)26-8-5-19-6-9-26/h10,12-13,15,19,24-25H,2-9,11H2,1H3,(H,20,21,22,23). The highest BCUT2D eigenvalue weighted by molar-refractivity contribution is 5.47. The van der Waals surface area contributed by atoms with Crippen LogP contribution in [0.15, 0.2) is 11.8 Å². The third-order valence-electron chi connectivity index (χ3n) is 5.74. The minimum atomic E-state index is 0.00391. The normalized spacial score (nSPS) is 28.3. The monoisotopic (exact) mass is 371 g/mol. The maximum atomic E-state index is 4.81. The van der Waals surface area contributed by atoms with Crippen molar-refractivity contribution < 1.29 is 0 Å². The van der Waals surface area contributed by atoms with Crippen molar-refractivity contribution in [3.8, 4) is 0 Å². The number of nitrogens with one attached hydrogen (secondary N) is 4. The highest BCUT2D eigenvalue weighted by Gasteiger charge is 2.30. The van der Waals surface area contributed by atoms with Crippen LogP contribution in [0.4, 0.5) is 17.8 Å². The Morgan fingerprint density at radius 3 is 2.48 bits per heavy atom. The van der Waals surface area contributed by atoms with Crippen LogP contribution in [0.5, 0.6) is 0 Å². The number of nitrogens with zero attached hydrogens (tertiary/aromatic N) is 5. The lowest BCUT2D eigenvalue weighted by Crippen LogP contribution is -2.44. The molecule has 3 fully saturated rings. The number of hydrazine groups is 1. The molecular formula is C18H29N9. The number of hydrogen-bond acceptors (Lipinski definition) is 9. The zero-order chi connectivity index (χ0) is 18.2. The van der Waals surface area contributed by atoms with Gasteiger partial charge in [-0.2, -0.15) is 15.0 Å². The molecule has 5 rings (SSSR count). The number of rotatable bonds is 5. The first-order chi connectivity index (χ1) is 13.2. The van der Waals surface area contributed by atoms with Gasteiger partial charge in [0.1, 0.15) is 6.17 Å². The van der Waals surface area contributed by atoms with Crippen molar-refractivity contribution in [3.63, 3.8) is 0 Å². The lowest BCUT2D eigenvalue weighted by atomic mass is 10.2. The van der Waals surface area contributed by atoms with E-state index in [4.69, 9.17) is 15.0 Å². The number of anilines is 3. The zero-order valence-corrected chi connectivity index (χ0v) is 15.9. The van der Waals surface area contributed by atoms with Crippen LogP contribution in [0, 0.1) is 11.8 Å². The molecule has 1 aliphatic carbocycles. The van der Waals surface area contributed by atoms with Gasteiger partial charge in [0.15, 0.2) is 0 Å². The second-order valence-electron chi connectivity index (χ2n) is 8.12. The molecule has 0 amide bonds. The van der Waals surface area contributed by atoms with Crippen molar-refractivity contribution in [2.24, 2.45) is 11.8 Å². The van der Waals surface area contributed by atoms with Crippen molar-refractivity contribution >= 4 is 17.8 Å². The first kappa shape index (κ1) is 17.0. The molecule has 0 spiro atoms. The second kappa shape index (κ2) is 7.12. The van der Waals surface area contributed by atoms with E-state index in [1.807, 2.05) is 0 Å². The number of aromatic nitrogens is 3. The van der Waals surface area contributed by atoms with E-state index in [0.717, 1.165) is 51.2 Å². The molecule has 2 saturated heterocycles. The fourth-order valence-corrected chi connectivity index (χ4v) is 3.96. The minimum absolute atomic E-state index is 0.00391. The van der Waals surface area contributed by atoms with E-state index in [-0.39, 0.29) is 6.17 Å². The van der Waals surface area contributed by atoms with Gasteiger partial charge in [0, 0.05) is 45.0 Å². The van der Waals surface area contributed by atoms with E-state index >= 15 is 0 Å². The molecule has 4 heterocycles. The topological polar surface area (TPSA) is 93.3 Å². The summed E-state index contributed by atoms with van der Waals surface area (Å²) < 4.78 is 0. The molecule has 1 aromatic heterocycles. The quantitative estimate of drug-likeness (QED) is 0.582. The van der Waals surface area contributed by atoms with Crippen molar-refractivity contribution in [2.45, 2.75) is 32.4 Å². The molecule has 9 heteroatoms. The molecular weight excluding hydrogens is 342 g/mol. The molecule has 146 valence electrons. The van der Waals surface area contributed by atoms with Crippen LogP contribution in [0.25, 0.3) is 0 Å². The first-order valence-corrected chi connectivity index (χ1v) is 10.2. The van der Waals surface area contributed by atoms with Gasteiger partial charge in [0.05, 0.1) is 0 Å². The predicted molar refractivity (Wildman–Crippen MR) is 105 cm³/mol. The minimum Gasteiger partial charge on any atom is -0.340 e. The number of hydrogen-bond donors (Lipinski definition) is 4. The van der Waals surface area contributed by atoms with Gasteiger partial charge in [0.25, 0.3) is 0 Å². The molecule has 3 aliphatic heterocycles. The average Bonchev–Trinajstić information content (AvgIpc) is 3.29. The molecule has 9 nitrogen and oxygen atoms in total. The maximum Gasteiger partial charge on any atom is 0.232 e. The Bertz CT molecular complexity index is 688. The zero-order valence-electron chi connectivity index (χ0n) is 15.9. The lowest BCUT2D eigenvalue weighted by molar-refractivity contribution is 0.576. The Hall–Kier alpha value is -2.13. The predicted octanol–water partition coefficient (Wildman–Crippen LogP) is 0.267. The van der Waals surface area contributed by atoms with Crippen LogP contribution in [-0.2, 0) is 0 Å². The summed E-state index contributed by atoms with van der Waals surface area (Å²) in [4.78, 5) is 18.8. The molecule has 2 atom stereocenters. The summed E-state index contributed by atoms with van der Waals surface area (Å²) in [6.07, 6.45) is 5.97. The highest BCUT2D eigenvalue weighted by atomic mass is 15.5. The SMILES string of the molecule is CC1CCN(c2nc(NC3C=C(C4CC4)NN3)nc(N3CCNCC3)n2)C1. The van der Waals surface area contributed by atoms with Gasteiger partial charge in [-0.15, -0.1) is 0 Å². The largest absolute Gasteiger partial charge is 0.340 e. The van der Waals surface area contributed by atoms with Crippen LogP contribution in [0.2, 0.25) is 0 Å². The second-order valence-corrected chi connectivity index (χ2v) is 8.12. The summed E-state index contributed by atoms with van der Waals surface area (Å²) in [6, 6.07) is 0. The summed E-state index contributed by atoms with van der Waals surface area (Å²) in [5.74, 6) is 3.59. The van der Waals surface area contributed by atoms with Crippen LogP contribution in [0.3, 0.4) is 0 Å². The first-order valence-electron chi connectivity index (χ1n) is 10.2. The molecule has 27 heavy (non-hydrogen) atoms. The summed E-state index contributed by atoms with van der Waals surface area (Å²) in [5, 5.41) is 6.82. The van der Waals surface area contributed by atoms with Crippen molar-refractivity contribution in [2.75, 3.05) is 54.4 Å². The van der Waals surface area contributed by atoms with Gasteiger partial charge in [0.2, 0.25) is 17.8 Å². The summed E-state index contributed by atoms with van der Waals surface area (Å²) in [5.41, 5.74) is 7.86. The highest BCUT2D eigenvalue weighted by Crippen LogP contribution is 2.36. The lowest BCUT2D eigenvalue weighted by Gasteiger charge is -2.28. The average molecular weight is 371 g/mol. The molecule has 0 radical (unpaired) electrons. The van der Waals surface area contributed by atoms with E-state index in [2.05, 4.69) is 44.3 Å². The van der Waals surface area contributed by atoms with Crippen LogP contribution < -0.4 is 31.3 Å². The van der Waals surface area contributed by atoms with Crippen molar-refractivity contribution in [3.05, 3.63) is 11.8 Å². The smallest absolute Gasteiger partial charge is 0.232 e. The Labute approximate surface area is 160 Å². The Morgan fingerprint density at radius 2 is 1.78 bits per heavy atom. The maximum absolute atomic E-state index is 4.81. The summed E-state index contributed by atoms with van der Waals surface area (Å²) in [6.45, 7) is 8.09. The number of allylic oxidation sites excluding steroid dienone is 1. The Balaban J connectivity index is 1.38. The van der Waals surface area contributed by atoms with Crippen molar-refractivity contribution in [1.29, 1.82) is 0 Å². The van der Waals surface area contributed by atoms with E-state index in [1.165, 1.54) is 25.0 Å². The van der Waals surface area contributed by atoms with Gasteiger partial charge in [-0.05, 0) is 37.2 Å². The van der Waals surface area contributed by atoms with E-state index in [1.54, 1.807) is 0 Å². The van der Waals surface area contributed by atoms with Gasteiger partial charge in [-0.25, -0.2) is 5.43 Å². The van der Waals surface area contributed by atoms with Crippen LogP contribution >= 0.6 is 0 Å². The molecule has 1 aromatic rings. The van der Waals surface area contributed by atoms with Crippen LogP contribution in [-0.4, -0.2) is 60.4 Å². The van der Waals surface area contributed by atoms with Gasteiger partial charge >= 0.3 is 0 Å². The van der Waals surface area contributed by atoms with E-state index < -0.39 is 0 Å². The molecule has 2 unspecified atom stereocenters. The van der Waals surface area contributed by atoms with Gasteiger partial charge < -0.3 is 25.9 Å². The molecule has 4 N–H and O–H groups in total. The fraction of sp³-hybridized carbons (Fsp3) is 0.722. The fourth-order valence-electron chi connectivity index (χ4n) is 3.96. The Morgan fingerprint density at radius 1 is 1.00 bits per heavy atom. The summed E-state index contributed by atoms with van der Waals surface area (Å²) in [7, 11) is 0. The van der Waals surface area contributed by atoms with Crippen LogP contribution in [0.1, 0.15) is 26.2 Å². The van der Waals surface area contributed by atoms with E-state index in [9.17, 15) is 0 Å². The molecule has 0 aromatic carbocycles. The molecule has 0 bridgehead atoms. The molecule has 1 saturated carbocycles. The third kappa shape index (κ3) is 3.79. The molecule has 4 aliphatic rings. The van der Waals surface area contributed by atoms with Gasteiger partial charge in [-0.1, -0.05) is 6.92 Å². The van der Waals surface area contributed by atoms with Gasteiger partial charge in [-0.3, -0.25) is 0 Å². The summed E-state index contributed by atoms with van der Waals surface area (Å²) >= 11 is 0. The van der Waals surface area contributed by atoms with Crippen molar-refractivity contribution in [1.82, 2.24) is 31.1 Å². The third-order valence-corrected chi connectivity index (χ3v) is 5.74. The van der Waals surface area contributed by atoms with E-state index in [0.29, 0.717) is 17.8 Å². The Kier molecular flexibility index (Phi) is 4.48. The number of piperazine rings is 1.